The zero-order valence-corrected chi connectivity index (χ0v) is 19.6. The lowest BCUT2D eigenvalue weighted by Crippen LogP contribution is -2.35. The number of hydrogen-bond acceptors (Lipinski definition) is 7. The number of ketones is 1. The quantitative estimate of drug-likeness (QED) is 0.141. The molecule has 1 saturated heterocycles. The first kappa shape index (κ1) is 24.9. The minimum atomic E-state index is -0.954. The third-order valence-corrected chi connectivity index (χ3v) is 5.60. The van der Waals surface area contributed by atoms with Crippen LogP contribution in [-0.4, -0.2) is 65.3 Å². The van der Waals surface area contributed by atoms with Gasteiger partial charge >= 0.3 is 0 Å². The Morgan fingerprint density at radius 1 is 1.18 bits per heavy atom. The maximum absolute atomic E-state index is 13.1. The summed E-state index contributed by atoms with van der Waals surface area (Å²) in [7, 11) is 3.67. The van der Waals surface area contributed by atoms with E-state index in [1.807, 2.05) is 19.0 Å². The normalized spacial score (nSPS) is 17.4. The van der Waals surface area contributed by atoms with Crippen molar-refractivity contribution < 1.29 is 24.4 Å². The maximum atomic E-state index is 13.1. The summed E-state index contributed by atoms with van der Waals surface area (Å²) in [5.41, 5.74) is 0.441. The molecule has 2 aromatic rings. The Morgan fingerprint density at radius 2 is 1.91 bits per heavy atom. The number of amides is 1. The number of hydrogen-bond donors (Lipinski definition) is 1. The number of nitro benzene ring substituents is 1. The monoisotopic (exact) mass is 467 g/mol. The highest BCUT2D eigenvalue weighted by Gasteiger charge is 2.46. The van der Waals surface area contributed by atoms with E-state index < -0.39 is 22.7 Å². The van der Waals surface area contributed by atoms with Gasteiger partial charge in [0.25, 0.3) is 17.4 Å². The van der Waals surface area contributed by atoms with E-state index in [1.165, 1.54) is 23.1 Å². The Hall–Kier alpha value is -3.72. The van der Waals surface area contributed by atoms with E-state index in [4.69, 9.17) is 4.74 Å². The Bertz CT molecular complexity index is 1110. The standard InChI is InChI=1S/C25H29N3O6/c1-4-5-14-34-20-11-7-9-18(16-20)23(29)21-22(17-8-6-10-19(15-17)28(32)33)27(13-12-26(2)3)25(31)24(21)30/h6-11,15-16,22,29H,4-5,12-14H2,1-3H3. The highest BCUT2D eigenvalue weighted by Crippen LogP contribution is 2.40. The molecule has 0 saturated carbocycles. The van der Waals surface area contributed by atoms with E-state index >= 15 is 0 Å². The third kappa shape index (κ3) is 5.43. The summed E-state index contributed by atoms with van der Waals surface area (Å²) in [6, 6.07) is 11.5. The number of carbonyl (C=O) groups is 2. The fourth-order valence-electron chi connectivity index (χ4n) is 3.80. The number of benzene rings is 2. The van der Waals surface area contributed by atoms with Gasteiger partial charge in [0.1, 0.15) is 11.5 Å². The zero-order chi connectivity index (χ0) is 24.8. The number of rotatable bonds is 10. The van der Waals surface area contributed by atoms with Gasteiger partial charge in [-0.15, -0.1) is 0 Å². The van der Waals surface area contributed by atoms with Gasteiger partial charge in [-0.25, -0.2) is 0 Å². The van der Waals surface area contributed by atoms with Gasteiger partial charge in [-0.05, 0) is 38.2 Å². The van der Waals surface area contributed by atoms with Crippen LogP contribution in [0.4, 0.5) is 5.69 Å². The lowest BCUT2D eigenvalue weighted by atomic mass is 9.95. The fraction of sp³-hybridized carbons (Fsp3) is 0.360. The van der Waals surface area contributed by atoms with Crippen molar-refractivity contribution in [3.8, 4) is 5.75 Å². The molecule has 0 aromatic heterocycles. The summed E-state index contributed by atoms with van der Waals surface area (Å²) in [6.07, 6.45) is 1.85. The molecule has 1 fully saturated rings. The molecule has 1 aliphatic rings. The van der Waals surface area contributed by atoms with Crippen LogP contribution in [0, 0.1) is 10.1 Å². The molecular formula is C25H29N3O6. The van der Waals surface area contributed by atoms with Crippen molar-refractivity contribution >= 4 is 23.1 Å². The highest BCUT2D eigenvalue weighted by molar-refractivity contribution is 6.46. The van der Waals surface area contributed by atoms with E-state index in [0.29, 0.717) is 30.0 Å². The third-order valence-electron chi connectivity index (χ3n) is 5.60. The van der Waals surface area contributed by atoms with Crippen LogP contribution in [0.3, 0.4) is 0 Å². The maximum Gasteiger partial charge on any atom is 0.295 e. The van der Waals surface area contributed by atoms with Gasteiger partial charge < -0.3 is 19.6 Å². The first-order chi connectivity index (χ1) is 16.2. The van der Waals surface area contributed by atoms with Gasteiger partial charge in [0.05, 0.1) is 23.1 Å². The lowest BCUT2D eigenvalue weighted by molar-refractivity contribution is -0.384. The number of aliphatic hydroxyl groups is 1. The van der Waals surface area contributed by atoms with Crippen LogP contribution in [0.1, 0.15) is 36.9 Å². The predicted octanol–water partition coefficient (Wildman–Crippen LogP) is 3.76. The summed E-state index contributed by atoms with van der Waals surface area (Å²) in [6.45, 7) is 3.25. The van der Waals surface area contributed by atoms with Crippen molar-refractivity contribution in [3.05, 3.63) is 75.3 Å². The number of carbonyl (C=O) groups excluding carboxylic acids is 2. The summed E-state index contributed by atoms with van der Waals surface area (Å²) in [5, 5.41) is 22.5. The second-order valence-electron chi connectivity index (χ2n) is 8.38. The molecule has 0 aliphatic carbocycles. The minimum absolute atomic E-state index is 0.102. The summed E-state index contributed by atoms with van der Waals surface area (Å²) >= 11 is 0. The van der Waals surface area contributed by atoms with E-state index in [1.54, 1.807) is 30.3 Å². The lowest BCUT2D eigenvalue weighted by Gasteiger charge is -2.26. The molecule has 180 valence electrons. The molecule has 34 heavy (non-hydrogen) atoms. The van der Waals surface area contributed by atoms with Crippen molar-refractivity contribution in [1.82, 2.24) is 9.80 Å². The molecule has 9 nitrogen and oxygen atoms in total. The molecule has 1 heterocycles. The second-order valence-corrected chi connectivity index (χ2v) is 8.38. The van der Waals surface area contributed by atoms with Crippen LogP contribution in [0.5, 0.6) is 5.75 Å². The zero-order valence-electron chi connectivity index (χ0n) is 19.6. The molecule has 0 radical (unpaired) electrons. The van der Waals surface area contributed by atoms with E-state index in [2.05, 4.69) is 6.92 Å². The number of aliphatic hydroxyl groups excluding tert-OH is 1. The molecule has 1 amide bonds. The number of unbranched alkanes of at least 4 members (excludes halogenated alkanes) is 1. The molecule has 2 aromatic carbocycles. The van der Waals surface area contributed by atoms with Gasteiger partial charge in [-0.3, -0.25) is 19.7 Å². The number of non-ortho nitro benzene ring substituents is 1. The topological polar surface area (TPSA) is 113 Å². The molecule has 1 unspecified atom stereocenters. The van der Waals surface area contributed by atoms with Crippen LogP contribution < -0.4 is 4.74 Å². The van der Waals surface area contributed by atoms with Crippen LogP contribution in [-0.2, 0) is 9.59 Å². The number of likely N-dealkylation sites (tertiary alicyclic amines) is 1. The van der Waals surface area contributed by atoms with Gasteiger partial charge in [0.15, 0.2) is 0 Å². The van der Waals surface area contributed by atoms with E-state index in [9.17, 15) is 24.8 Å². The van der Waals surface area contributed by atoms with Crippen LogP contribution >= 0.6 is 0 Å². The summed E-state index contributed by atoms with van der Waals surface area (Å²) < 4.78 is 5.71. The van der Waals surface area contributed by atoms with Gasteiger partial charge in [-0.2, -0.15) is 0 Å². The van der Waals surface area contributed by atoms with Crippen molar-refractivity contribution in [2.24, 2.45) is 0 Å². The molecule has 9 heteroatoms. The number of ether oxygens (including phenoxy) is 1. The van der Waals surface area contributed by atoms with Crippen molar-refractivity contribution in [1.29, 1.82) is 0 Å². The molecule has 3 rings (SSSR count). The van der Waals surface area contributed by atoms with Crippen molar-refractivity contribution in [2.75, 3.05) is 33.8 Å². The smallest absolute Gasteiger partial charge is 0.295 e. The Kier molecular flexibility index (Phi) is 8.01. The Labute approximate surface area is 198 Å². The van der Waals surface area contributed by atoms with Gasteiger partial charge in [0.2, 0.25) is 0 Å². The summed E-state index contributed by atoms with van der Waals surface area (Å²) in [4.78, 5) is 40.1. The average Bonchev–Trinajstić information content (AvgIpc) is 3.07. The first-order valence-corrected chi connectivity index (χ1v) is 11.1. The molecular weight excluding hydrogens is 438 g/mol. The van der Waals surface area contributed by atoms with Crippen LogP contribution in [0.15, 0.2) is 54.1 Å². The molecule has 0 bridgehead atoms. The number of nitro groups is 1. The minimum Gasteiger partial charge on any atom is -0.507 e. The van der Waals surface area contributed by atoms with Crippen LogP contribution in [0.2, 0.25) is 0 Å². The summed E-state index contributed by atoms with van der Waals surface area (Å²) in [5.74, 6) is -1.39. The van der Waals surface area contributed by atoms with Gasteiger partial charge in [-0.1, -0.05) is 37.6 Å². The Morgan fingerprint density at radius 3 is 2.59 bits per heavy atom. The SMILES string of the molecule is CCCCOc1cccc(C(O)=C2C(=O)C(=O)N(CCN(C)C)C2c2cccc([N+](=O)[O-])c2)c1. The molecule has 1 atom stereocenters. The van der Waals surface area contributed by atoms with Gasteiger partial charge in [0, 0.05) is 30.8 Å². The fourth-order valence-corrected chi connectivity index (χ4v) is 3.80. The predicted molar refractivity (Wildman–Crippen MR) is 128 cm³/mol. The highest BCUT2D eigenvalue weighted by atomic mass is 16.6. The Balaban J connectivity index is 2.10. The van der Waals surface area contributed by atoms with Crippen LogP contribution in [0.25, 0.3) is 5.76 Å². The average molecular weight is 468 g/mol. The number of nitrogens with zero attached hydrogens (tertiary/aromatic N) is 3. The first-order valence-electron chi connectivity index (χ1n) is 11.1. The second kappa shape index (κ2) is 10.9. The number of Topliss-reactive ketones (excluding diaryl/α,β-unsaturated/α-hetero) is 1. The van der Waals surface area contributed by atoms with E-state index in [0.717, 1.165) is 12.8 Å². The molecule has 1 aliphatic heterocycles. The largest absolute Gasteiger partial charge is 0.507 e. The van der Waals surface area contributed by atoms with E-state index in [-0.39, 0.29) is 23.6 Å². The molecule has 0 spiro atoms. The van der Waals surface area contributed by atoms with Crippen molar-refractivity contribution in [3.63, 3.8) is 0 Å². The molecule has 1 N–H and O–H groups in total. The number of likely N-dealkylation sites (N-methyl/N-ethyl adjacent to an activating group) is 1. The van der Waals surface area contributed by atoms with Crippen molar-refractivity contribution in [2.45, 2.75) is 25.8 Å².